The van der Waals surface area contributed by atoms with E-state index in [4.69, 9.17) is 4.74 Å². The second kappa shape index (κ2) is 7.85. The average Bonchev–Trinajstić information content (AvgIpc) is 2.52. The number of hydrogen-bond acceptors (Lipinski definition) is 3. The molecule has 1 aliphatic heterocycles. The third-order valence-electron chi connectivity index (χ3n) is 4.10. The number of likely N-dealkylation sites (tertiary alicyclic amines) is 1. The van der Waals surface area contributed by atoms with Crippen molar-refractivity contribution in [3.63, 3.8) is 0 Å². The fourth-order valence-corrected chi connectivity index (χ4v) is 2.97. The lowest BCUT2D eigenvalue weighted by Crippen LogP contribution is -2.53. The van der Waals surface area contributed by atoms with E-state index >= 15 is 0 Å². The molecule has 2 amide bonds. The number of ether oxygens (including phenoxy) is 1. The Bertz CT molecular complexity index is 627. The van der Waals surface area contributed by atoms with Crippen LogP contribution in [0.1, 0.15) is 45.6 Å². The lowest BCUT2D eigenvalue weighted by Gasteiger charge is -2.37. The first kappa shape index (κ1) is 19.2. The van der Waals surface area contributed by atoms with Gasteiger partial charge in [-0.2, -0.15) is 0 Å². The van der Waals surface area contributed by atoms with Gasteiger partial charge in [-0.25, -0.2) is 9.18 Å². The average molecular weight is 350 g/mol. The zero-order chi connectivity index (χ0) is 18.6. The van der Waals surface area contributed by atoms with Crippen LogP contribution in [0.2, 0.25) is 0 Å². The fourth-order valence-electron chi connectivity index (χ4n) is 2.97. The summed E-state index contributed by atoms with van der Waals surface area (Å²) in [5.74, 6) is -0.471. The third kappa shape index (κ3) is 5.44. The van der Waals surface area contributed by atoms with Crippen molar-refractivity contribution in [3.05, 3.63) is 35.6 Å². The summed E-state index contributed by atoms with van der Waals surface area (Å²) in [7, 11) is 1.68. The number of carbonyl (C=O) groups excluding carboxylic acids is 2. The lowest BCUT2D eigenvalue weighted by molar-refractivity contribution is -0.137. The Hall–Kier alpha value is -2.11. The van der Waals surface area contributed by atoms with Crippen molar-refractivity contribution < 1.29 is 18.7 Å². The first-order chi connectivity index (χ1) is 11.7. The van der Waals surface area contributed by atoms with Crippen LogP contribution in [0.4, 0.5) is 9.18 Å². The number of carbonyl (C=O) groups is 2. The molecule has 0 aliphatic carbocycles. The Labute approximate surface area is 148 Å². The predicted molar refractivity (Wildman–Crippen MR) is 93.5 cm³/mol. The molecule has 0 N–H and O–H groups in total. The second-order valence-corrected chi connectivity index (χ2v) is 7.51. The highest BCUT2D eigenvalue weighted by Gasteiger charge is 2.36. The van der Waals surface area contributed by atoms with Gasteiger partial charge in [-0.15, -0.1) is 0 Å². The van der Waals surface area contributed by atoms with Crippen LogP contribution < -0.4 is 0 Å². The Morgan fingerprint density at radius 1 is 1.32 bits per heavy atom. The van der Waals surface area contributed by atoms with Gasteiger partial charge in [0.25, 0.3) is 0 Å². The van der Waals surface area contributed by atoms with E-state index < -0.39 is 17.7 Å². The Kier molecular flexibility index (Phi) is 6.03. The van der Waals surface area contributed by atoms with Gasteiger partial charge in [0, 0.05) is 20.1 Å². The van der Waals surface area contributed by atoms with Crippen LogP contribution in [0.25, 0.3) is 0 Å². The molecule has 0 saturated carbocycles. The van der Waals surface area contributed by atoms with E-state index in [1.54, 1.807) is 24.1 Å². The molecule has 1 aromatic rings. The first-order valence-corrected chi connectivity index (χ1v) is 8.66. The van der Waals surface area contributed by atoms with Crippen molar-refractivity contribution >= 4 is 12.0 Å². The van der Waals surface area contributed by atoms with Crippen molar-refractivity contribution in [1.29, 1.82) is 0 Å². The zero-order valence-corrected chi connectivity index (χ0v) is 15.4. The highest BCUT2D eigenvalue weighted by molar-refractivity contribution is 5.85. The molecule has 1 aliphatic rings. The summed E-state index contributed by atoms with van der Waals surface area (Å²) in [6, 6.07) is 5.66. The topological polar surface area (TPSA) is 49.9 Å². The van der Waals surface area contributed by atoms with Gasteiger partial charge in [0.05, 0.1) is 0 Å². The Balaban J connectivity index is 2.07. The number of nitrogens with zero attached hydrogens (tertiary/aromatic N) is 2. The minimum Gasteiger partial charge on any atom is -0.444 e. The molecule has 1 saturated heterocycles. The van der Waals surface area contributed by atoms with Crippen LogP contribution in [-0.2, 0) is 16.1 Å². The van der Waals surface area contributed by atoms with E-state index in [-0.39, 0.29) is 11.7 Å². The van der Waals surface area contributed by atoms with E-state index in [1.165, 1.54) is 17.0 Å². The number of benzene rings is 1. The summed E-state index contributed by atoms with van der Waals surface area (Å²) in [5, 5.41) is 0. The molecule has 1 heterocycles. The van der Waals surface area contributed by atoms with Crippen LogP contribution in [0.15, 0.2) is 24.3 Å². The molecule has 0 unspecified atom stereocenters. The highest BCUT2D eigenvalue weighted by atomic mass is 19.1. The van der Waals surface area contributed by atoms with Crippen LogP contribution in [-0.4, -0.2) is 47.0 Å². The summed E-state index contributed by atoms with van der Waals surface area (Å²) in [6.45, 7) is 6.24. The van der Waals surface area contributed by atoms with E-state index in [9.17, 15) is 14.0 Å². The molecular weight excluding hydrogens is 323 g/mol. The molecule has 1 atom stereocenters. The number of hydrogen-bond donors (Lipinski definition) is 0. The number of likely N-dealkylation sites (N-methyl/N-ethyl adjacent to an activating group) is 1. The summed E-state index contributed by atoms with van der Waals surface area (Å²) >= 11 is 0. The maximum Gasteiger partial charge on any atom is 0.410 e. The molecule has 138 valence electrons. The monoisotopic (exact) mass is 350 g/mol. The van der Waals surface area contributed by atoms with Gasteiger partial charge in [0.1, 0.15) is 17.5 Å². The molecule has 5 nitrogen and oxygen atoms in total. The minimum atomic E-state index is -0.602. The van der Waals surface area contributed by atoms with Crippen LogP contribution in [0, 0.1) is 5.82 Å². The summed E-state index contributed by atoms with van der Waals surface area (Å²) in [4.78, 5) is 28.4. The number of amides is 2. The molecule has 0 radical (unpaired) electrons. The molecule has 0 aromatic heterocycles. The quantitative estimate of drug-likeness (QED) is 0.837. The van der Waals surface area contributed by atoms with Crippen molar-refractivity contribution in [2.75, 3.05) is 13.6 Å². The van der Waals surface area contributed by atoms with Crippen molar-refractivity contribution in [3.8, 4) is 0 Å². The molecule has 25 heavy (non-hydrogen) atoms. The van der Waals surface area contributed by atoms with Crippen LogP contribution in [0.5, 0.6) is 0 Å². The Morgan fingerprint density at radius 2 is 2.04 bits per heavy atom. The molecule has 2 rings (SSSR count). The summed E-state index contributed by atoms with van der Waals surface area (Å²) in [6.07, 6.45) is 1.91. The maximum atomic E-state index is 13.3. The van der Waals surface area contributed by atoms with Crippen molar-refractivity contribution in [1.82, 2.24) is 9.80 Å². The standard InChI is InChI=1S/C19H27FN2O3/c1-19(2,3)25-18(24)22-11-6-5-10-16(22)17(23)21(4)13-14-8-7-9-15(20)12-14/h7-9,12,16H,5-6,10-11,13H2,1-4H3/t16-/m1/s1. The molecule has 6 heteroatoms. The largest absolute Gasteiger partial charge is 0.444 e. The van der Waals surface area contributed by atoms with E-state index in [2.05, 4.69) is 0 Å². The molecular formula is C19H27FN2O3. The predicted octanol–water partition coefficient (Wildman–Crippen LogP) is 3.57. The van der Waals surface area contributed by atoms with Gasteiger partial charge in [0.15, 0.2) is 0 Å². The molecule has 1 aromatic carbocycles. The number of piperidine rings is 1. The van der Waals surface area contributed by atoms with Crippen LogP contribution >= 0.6 is 0 Å². The molecule has 1 fully saturated rings. The van der Waals surface area contributed by atoms with Gasteiger partial charge < -0.3 is 9.64 Å². The third-order valence-corrected chi connectivity index (χ3v) is 4.10. The zero-order valence-electron chi connectivity index (χ0n) is 15.4. The van der Waals surface area contributed by atoms with Crippen molar-refractivity contribution in [2.24, 2.45) is 0 Å². The fraction of sp³-hybridized carbons (Fsp3) is 0.579. The Morgan fingerprint density at radius 3 is 2.68 bits per heavy atom. The van der Waals surface area contributed by atoms with Gasteiger partial charge in [-0.3, -0.25) is 9.69 Å². The SMILES string of the molecule is CN(Cc1cccc(F)c1)C(=O)[C@H]1CCCCN1C(=O)OC(C)(C)C. The maximum absolute atomic E-state index is 13.3. The number of rotatable bonds is 3. The second-order valence-electron chi connectivity index (χ2n) is 7.51. The van der Waals surface area contributed by atoms with E-state index in [0.717, 1.165) is 18.4 Å². The summed E-state index contributed by atoms with van der Waals surface area (Å²) < 4.78 is 18.8. The normalized spacial score (nSPS) is 18.0. The highest BCUT2D eigenvalue weighted by Crippen LogP contribution is 2.22. The van der Waals surface area contributed by atoms with Crippen LogP contribution in [0.3, 0.4) is 0 Å². The molecule has 0 bridgehead atoms. The first-order valence-electron chi connectivity index (χ1n) is 8.66. The van der Waals surface area contributed by atoms with Gasteiger partial charge in [-0.1, -0.05) is 12.1 Å². The lowest BCUT2D eigenvalue weighted by atomic mass is 10.0. The van der Waals surface area contributed by atoms with E-state index in [0.29, 0.717) is 19.5 Å². The van der Waals surface area contributed by atoms with Gasteiger partial charge in [-0.05, 0) is 57.7 Å². The van der Waals surface area contributed by atoms with Crippen molar-refractivity contribution in [2.45, 2.75) is 58.2 Å². The smallest absolute Gasteiger partial charge is 0.410 e. The summed E-state index contributed by atoms with van der Waals surface area (Å²) in [5.41, 5.74) is 0.116. The van der Waals surface area contributed by atoms with Gasteiger partial charge >= 0.3 is 6.09 Å². The van der Waals surface area contributed by atoms with E-state index in [1.807, 2.05) is 20.8 Å². The van der Waals surface area contributed by atoms with Gasteiger partial charge in [0.2, 0.25) is 5.91 Å². The minimum absolute atomic E-state index is 0.144. The number of halogens is 1. The molecule has 0 spiro atoms.